The van der Waals surface area contributed by atoms with Gasteiger partial charge in [0.1, 0.15) is 11.4 Å². The maximum atomic E-state index is 12.8. The van der Waals surface area contributed by atoms with Crippen LogP contribution in [-0.2, 0) is 0 Å². The molecule has 0 bridgehead atoms. The minimum absolute atomic E-state index is 0. The van der Waals surface area contributed by atoms with Crippen LogP contribution in [0.25, 0.3) is 0 Å². The average molecular weight is 501 g/mol. The molecule has 0 spiro atoms. The van der Waals surface area contributed by atoms with Crippen molar-refractivity contribution in [2.24, 2.45) is 0 Å². The van der Waals surface area contributed by atoms with Crippen molar-refractivity contribution in [2.75, 3.05) is 39.7 Å². The molecule has 33 heavy (non-hydrogen) atoms. The van der Waals surface area contributed by atoms with E-state index in [1.807, 2.05) is 0 Å². The second-order valence-corrected chi connectivity index (χ2v) is 8.44. The van der Waals surface area contributed by atoms with Crippen LogP contribution in [0.3, 0.4) is 0 Å². The van der Waals surface area contributed by atoms with Crippen molar-refractivity contribution in [1.82, 2.24) is 15.2 Å². The maximum absolute atomic E-state index is 12.8. The summed E-state index contributed by atoms with van der Waals surface area (Å²) in [5.74, 6) is 0.457. The molecule has 1 aromatic carbocycles. The number of halogens is 1. The molecule has 2 aromatic rings. The van der Waals surface area contributed by atoms with Crippen LogP contribution < -0.4 is 24.8 Å². The number of aromatic nitrogens is 1. The lowest BCUT2D eigenvalue weighted by Gasteiger charge is -2.30. The molecular formula is C22H33ClN4O5S. The largest absolute Gasteiger partial charge is 0.496 e. The van der Waals surface area contributed by atoms with E-state index >= 15 is 0 Å². The Morgan fingerprint density at radius 1 is 0.970 bits per heavy atom. The van der Waals surface area contributed by atoms with Gasteiger partial charge in [0.05, 0.1) is 26.9 Å². The van der Waals surface area contributed by atoms with Gasteiger partial charge in [-0.15, -0.1) is 23.7 Å². The number of nitrogens with zero attached hydrogens (tertiary/aromatic N) is 2. The van der Waals surface area contributed by atoms with Gasteiger partial charge < -0.3 is 19.5 Å². The van der Waals surface area contributed by atoms with Crippen LogP contribution in [0, 0.1) is 0 Å². The smallest absolute Gasteiger partial charge is 0.270 e. The van der Waals surface area contributed by atoms with E-state index in [2.05, 4.69) is 48.2 Å². The van der Waals surface area contributed by atoms with Crippen LogP contribution in [0.15, 0.2) is 17.5 Å². The molecule has 1 aromatic heterocycles. The molecule has 1 heterocycles. The fourth-order valence-corrected chi connectivity index (χ4v) is 3.99. The third-order valence-electron chi connectivity index (χ3n) is 4.89. The van der Waals surface area contributed by atoms with Gasteiger partial charge in [-0.05, 0) is 27.7 Å². The highest BCUT2D eigenvalue weighted by molar-refractivity contribution is 7.14. The summed E-state index contributed by atoms with van der Waals surface area (Å²) in [6.07, 6.45) is 0. The highest BCUT2D eigenvalue weighted by Crippen LogP contribution is 2.35. The second kappa shape index (κ2) is 13.2. The van der Waals surface area contributed by atoms with Gasteiger partial charge in [-0.1, -0.05) is 0 Å². The molecule has 9 nitrogen and oxygen atoms in total. The Labute approximate surface area is 205 Å². The zero-order valence-corrected chi connectivity index (χ0v) is 21.7. The van der Waals surface area contributed by atoms with E-state index in [-0.39, 0.29) is 29.6 Å². The summed E-state index contributed by atoms with van der Waals surface area (Å²) in [6.45, 7) is 9.77. The number of amides is 2. The van der Waals surface area contributed by atoms with Gasteiger partial charge in [0.2, 0.25) is 0 Å². The van der Waals surface area contributed by atoms with Crippen LogP contribution >= 0.6 is 23.7 Å². The van der Waals surface area contributed by atoms with Crippen LogP contribution in [0.2, 0.25) is 0 Å². The molecule has 0 saturated carbocycles. The number of methoxy groups -OCH3 is 3. The summed E-state index contributed by atoms with van der Waals surface area (Å²) < 4.78 is 15.8. The van der Waals surface area contributed by atoms with E-state index in [1.165, 1.54) is 38.7 Å². The summed E-state index contributed by atoms with van der Waals surface area (Å²) >= 11 is 1.17. The van der Waals surface area contributed by atoms with Gasteiger partial charge in [0.25, 0.3) is 11.8 Å². The number of carbonyl (C=O) groups is 2. The van der Waals surface area contributed by atoms with Crippen LogP contribution in [-0.4, -0.2) is 68.2 Å². The first-order valence-electron chi connectivity index (χ1n) is 10.3. The number of benzene rings is 1. The summed E-state index contributed by atoms with van der Waals surface area (Å²) in [5.41, 5.74) is 0.513. The lowest BCUT2D eigenvalue weighted by Crippen LogP contribution is -2.42. The Kier molecular flexibility index (Phi) is 11.4. The fraction of sp³-hybridized carbons (Fsp3) is 0.500. The van der Waals surface area contributed by atoms with E-state index < -0.39 is 5.91 Å². The Bertz CT molecular complexity index is 928. The van der Waals surface area contributed by atoms with Gasteiger partial charge in [0, 0.05) is 42.7 Å². The normalized spacial score (nSPS) is 10.7. The average Bonchev–Trinajstić information content (AvgIpc) is 3.23. The van der Waals surface area contributed by atoms with Gasteiger partial charge in [-0.2, -0.15) is 0 Å². The minimum atomic E-state index is -0.436. The van der Waals surface area contributed by atoms with E-state index in [0.717, 1.165) is 6.54 Å². The number of hydrogen-bond donors (Lipinski definition) is 2. The highest BCUT2D eigenvalue weighted by Gasteiger charge is 2.20. The van der Waals surface area contributed by atoms with Crippen molar-refractivity contribution in [1.29, 1.82) is 0 Å². The molecule has 0 aliphatic heterocycles. The summed E-state index contributed by atoms with van der Waals surface area (Å²) in [6, 6.07) is 3.89. The van der Waals surface area contributed by atoms with E-state index in [0.29, 0.717) is 41.0 Å². The molecule has 0 atom stereocenters. The predicted octanol–water partition coefficient (Wildman–Crippen LogP) is 3.69. The molecule has 0 saturated heterocycles. The van der Waals surface area contributed by atoms with E-state index in [1.54, 1.807) is 11.4 Å². The molecular weight excluding hydrogens is 468 g/mol. The number of anilines is 1. The fourth-order valence-electron chi connectivity index (χ4n) is 3.31. The Morgan fingerprint density at radius 3 is 2.09 bits per heavy atom. The Morgan fingerprint density at radius 2 is 1.55 bits per heavy atom. The SMILES string of the molecule is COc1cc(OC)c(C(=O)Nc2nc(C(=O)NCCN(C(C)C)C(C)C)cs2)cc1OC.Cl. The molecule has 0 aliphatic rings. The molecule has 0 radical (unpaired) electrons. The van der Waals surface area contributed by atoms with E-state index in [4.69, 9.17) is 14.2 Å². The minimum Gasteiger partial charge on any atom is -0.496 e. The van der Waals surface area contributed by atoms with Crippen molar-refractivity contribution in [3.05, 3.63) is 28.8 Å². The zero-order chi connectivity index (χ0) is 23.8. The van der Waals surface area contributed by atoms with Crippen molar-refractivity contribution in [3.63, 3.8) is 0 Å². The van der Waals surface area contributed by atoms with Gasteiger partial charge in [0.15, 0.2) is 16.6 Å². The predicted molar refractivity (Wildman–Crippen MR) is 133 cm³/mol. The molecule has 2 rings (SSSR count). The van der Waals surface area contributed by atoms with Gasteiger partial charge >= 0.3 is 0 Å². The summed E-state index contributed by atoms with van der Waals surface area (Å²) in [7, 11) is 4.45. The first-order valence-corrected chi connectivity index (χ1v) is 11.2. The molecule has 0 fully saturated rings. The van der Waals surface area contributed by atoms with Crippen molar-refractivity contribution in [3.8, 4) is 17.2 Å². The zero-order valence-electron chi connectivity index (χ0n) is 20.1. The number of carbonyl (C=O) groups excluding carboxylic acids is 2. The number of hydrogen-bond acceptors (Lipinski definition) is 8. The molecule has 0 unspecified atom stereocenters. The summed E-state index contributed by atoms with van der Waals surface area (Å²) in [4.78, 5) is 31.8. The van der Waals surface area contributed by atoms with E-state index in [9.17, 15) is 9.59 Å². The molecule has 2 amide bonds. The van der Waals surface area contributed by atoms with Crippen molar-refractivity contribution in [2.45, 2.75) is 39.8 Å². The third kappa shape index (κ3) is 7.48. The Balaban J connectivity index is 0.00000544. The van der Waals surface area contributed by atoms with Crippen LogP contribution in [0.1, 0.15) is 48.5 Å². The quantitative estimate of drug-likeness (QED) is 0.485. The first kappa shape index (κ1) is 28.5. The molecule has 2 N–H and O–H groups in total. The third-order valence-corrected chi connectivity index (χ3v) is 5.65. The van der Waals surface area contributed by atoms with Gasteiger partial charge in [-0.25, -0.2) is 4.98 Å². The van der Waals surface area contributed by atoms with Crippen LogP contribution in [0.4, 0.5) is 5.13 Å². The number of nitrogens with one attached hydrogen (secondary N) is 2. The number of ether oxygens (including phenoxy) is 3. The lowest BCUT2D eigenvalue weighted by molar-refractivity contribution is 0.0934. The molecule has 11 heteroatoms. The molecule has 0 aliphatic carbocycles. The monoisotopic (exact) mass is 500 g/mol. The van der Waals surface area contributed by atoms with Crippen molar-refractivity contribution < 1.29 is 23.8 Å². The standard InChI is InChI=1S/C22H32N4O5S.ClH/c1-13(2)26(14(3)4)9-8-23-21(28)16-12-32-22(24-16)25-20(27)15-10-18(30-6)19(31-7)11-17(15)29-5;/h10-14H,8-9H2,1-7H3,(H,23,28)(H,24,25,27);1H. The van der Waals surface area contributed by atoms with Crippen LogP contribution in [0.5, 0.6) is 17.2 Å². The lowest BCUT2D eigenvalue weighted by atomic mass is 10.1. The number of rotatable bonds is 11. The van der Waals surface area contributed by atoms with Crippen molar-refractivity contribution >= 4 is 40.7 Å². The Hall–Kier alpha value is -2.56. The van der Waals surface area contributed by atoms with Gasteiger partial charge in [-0.3, -0.25) is 19.8 Å². The molecule has 184 valence electrons. The maximum Gasteiger partial charge on any atom is 0.270 e. The first-order chi connectivity index (χ1) is 15.2. The second-order valence-electron chi connectivity index (χ2n) is 7.58. The summed E-state index contributed by atoms with van der Waals surface area (Å²) in [5, 5.41) is 7.51. The highest BCUT2D eigenvalue weighted by atomic mass is 35.5. The topological polar surface area (TPSA) is 102 Å². The number of thiazole rings is 1.